The van der Waals surface area contributed by atoms with Crippen LogP contribution < -0.4 is 5.32 Å². The molecule has 1 aliphatic heterocycles. The van der Waals surface area contributed by atoms with E-state index in [4.69, 9.17) is 4.42 Å². The average Bonchev–Trinajstić information content (AvgIpc) is 2.80. The van der Waals surface area contributed by atoms with Crippen molar-refractivity contribution >= 4 is 11.8 Å². The van der Waals surface area contributed by atoms with Gasteiger partial charge in [0, 0.05) is 0 Å². The van der Waals surface area contributed by atoms with Gasteiger partial charge in [-0.15, -0.1) is 0 Å². The summed E-state index contributed by atoms with van der Waals surface area (Å²) in [6, 6.07) is -1.32. The standard InChI is InChI=1S/C13H19N3O3/c1-5-10-13(18)16(8(3)11(17)15-10)9(4)12-14-6-7(2)19-12/h6,8-10H,5H2,1-4H3,(H,15,17). The molecule has 2 rings (SSSR count). The average molecular weight is 265 g/mol. The summed E-state index contributed by atoms with van der Waals surface area (Å²) in [5.74, 6) is 0.928. The number of oxazole rings is 1. The number of carbonyl (C=O) groups excluding carboxylic acids is 2. The number of nitrogens with one attached hydrogen (secondary N) is 1. The number of nitrogens with zero attached hydrogens (tertiary/aromatic N) is 2. The fourth-order valence-electron chi connectivity index (χ4n) is 2.34. The third-order valence-electron chi connectivity index (χ3n) is 3.49. The van der Waals surface area contributed by atoms with Crippen molar-refractivity contribution in [1.29, 1.82) is 0 Å². The van der Waals surface area contributed by atoms with Gasteiger partial charge < -0.3 is 14.6 Å². The summed E-state index contributed by atoms with van der Waals surface area (Å²) < 4.78 is 5.46. The molecule has 3 unspecified atom stereocenters. The zero-order valence-corrected chi connectivity index (χ0v) is 11.6. The largest absolute Gasteiger partial charge is 0.444 e. The van der Waals surface area contributed by atoms with E-state index in [2.05, 4.69) is 10.3 Å². The van der Waals surface area contributed by atoms with Gasteiger partial charge >= 0.3 is 0 Å². The Morgan fingerprint density at radius 3 is 2.74 bits per heavy atom. The van der Waals surface area contributed by atoms with Crippen molar-refractivity contribution in [2.45, 2.75) is 52.2 Å². The van der Waals surface area contributed by atoms with E-state index >= 15 is 0 Å². The van der Waals surface area contributed by atoms with E-state index in [0.29, 0.717) is 18.1 Å². The van der Waals surface area contributed by atoms with Crippen LogP contribution in [-0.4, -0.2) is 33.8 Å². The second-order valence-electron chi connectivity index (χ2n) is 4.88. The van der Waals surface area contributed by atoms with E-state index in [9.17, 15) is 9.59 Å². The molecule has 1 N–H and O–H groups in total. The highest BCUT2D eigenvalue weighted by Crippen LogP contribution is 2.25. The second-order valence-corrected chi connectivity index (χ2v) is 4.88. The maximum absolute atomic E-state index is 12.4. The van der Waals surface area contributed by atoms with Crippen molar-refractivity contribution in [2.24, 2.45) is 0 Å². The van der Waals surface area contributed by atoms with E-state index < -0.39 is 12.1 Å². The van der Waals surface area contributed by atoms with E-state index in [-0.39, 0.29) is 17.9 Å². The third-order valence-corrected chi connectivity index (χ3v) is 3.49. The van der Waals surface area contributed by atoms with Crippen molar-refractivity contribution in [3.05, 3.63) is 17.8 Å². The smallest absolute Gasteiger partial charge is 0.246 e. The molecule has 6 heteroatoms. The van der Waals surface area contributed by atoms with Gasteiger partial charge in [0.15, 0.2) is 0 Å². The van der Waals surface area contributed by atoms with Gasteiger partial charge in [0.25, 0.3) is 0 Å². The summed E-state index contributed by atoms with van der Waals surface area (Å²) in [5, 5.41) is 2.73. The molecule has 1 saturated heterocycles. The predicted octanol–water partition coefficient (Wildman–Crippen LogP) is 1.17. The number of rotatable bonds is 3. The molecule has 6 nitrogen and oxygen atoms in total. The highest BCUT2D eigenvalue weighted by Gasteiger charge is 2.41. The lowest BCUT2D eigenvalue weighted by atomic mass is 10.0. The normalized spacial score (nSPS) is 25.4. The first-order valence-electron chi connectivity index (χ1n) is 6.50. The summed E-state index contributed by atoms with van der Waals surface area (Å²) in [5.41, 5.74) is 0. The Bertz CT molecular complexity index is 497. The van der Waals surface area contributed by atoms with Crippen LogP contribution in [0.15, 0.2) is 10.6 Å². The first-order chi connectivity index (χ1) is 8.95. The van der Waals surface area contributed by atoms with E-state index in [0.717, 1.165) is 0 Å². The van der Waals surface area contributed by atoms with E-state index in [1.807, 2.05) is 13.8 Å². The molecule has 3 atom stereocenters. The maximum Gasteiger partial charge on any atom is 0.246 e. The zero-order valence-electron chi connectivity index (χ0n) is 11.6. The molecule has 1 aliphatic rings. The fraction of sp³-hybridized carbons (Fsp3) is 0.615. The number of aryl methyl sites for hydroxylation is 1. The fourth-order valence-corrected chi connectivity index (χ4v) is 2.34. The molecule has 0 aliphatic carbocycles. The first kappa shape index (κ1) is 13.6. The topological polar surface area (TPSA) is 75.4 Å². The lowest BCUT2D eigenvalue weighted by molar-refractivity contribution is -0.151. The van der Waals surface area contributed by atoms with Crippen molar-refractivity contribution in [3.63, 3.8) is 0 Å². The van der Waals surface area contributed by atoms with Crippen LogP contribution in [0.1, 0.15) is 44.9 Å². The minimum Gasteiger partial charge on any atom is -0.444 e. The minimum atomic E-state index is -0.516. The number of piperazine rings is 1. The predicted molar refractivity (Wildman–Crippen MR) is 68.2 cm³/mol. The van der Waals surface area contributed by atoms with Crippen LogP contribution in [0.3, 0.4) is 0 Å². The van der Waals surface area contributed by atoms with Crippen LogP contribution in [0.4, 0.5) is 0 Å². The molecule has 104 valence electrons. The molecule has 1 fully saturated rings. The van der Waals surface area contributed by atoms with Crippen LogP contribution in [0.2, 0.25) is 0 Å². The Kier molecular flexibility index (Phi) is 3.59. The highest BCUT2D eigenvalue weighted by molar-refractivity contribution is 5.96. The SMILES string of the molecule is CCC1NC(=O)C(C)N(C(C)c2ncc(C)o2)C1=O. The summed E-state index contributed by atoms with van der Waals surface area (Å²) >= 11 is 0. The minimum absolute atomic E-state index is 0.0852. The Balaban J connectivity index is 2.29. The molecular formula is C13H19N3O3. The van der Waals surface area contributed by atoms with Crippen LogP contribution >= 0.6 is 0 Å². The van der Waals surface area contributed by atoms with Crippen LogP contribution in [0.5, 0.6) is 0 Å². The van der Waals surface area contributed by atoms with Crippen LogP contribution in [0, 0.1) is 6.92 Å². The lowest BCUT2D eigenvalue weighted by Crippen LogP contribution is -2.62. The maximum atomic E-state index is 12.4. The Morgan fingerprint density at radius 2 is 2.21 bits per heavy atom. The van der Waals surface area contributed by atoms with Crippen LogP contribution in [0.25, 0.3) is 0 Å². The summed E-state index contributed by atoms with van der Waals surface area (Å²) in [4.78, 5) is 30.0. The molecule has 0 bridgehead atoms. The molecule has 1 aromatic rings. The monoisotopic (exact) mass is 265 g/mol. The summed E-state index contributed by atoms with van der Waals surface area (Å²) in [6.45, 7) is 7.21. The Labute approximate surface area is 112 Å². The summed E-state index contributed by atoms with van der Waals surface area (Å²) in [7, 11) is 0. The molecular weight excluding hydrogens is 246 g/mol. The van der Waals surface area contributed by atoms with Gasteiger partial charge in [-0.2, -0.15) is 0 Å². The van der Waals surface area contributed by atoms with Crippen molar-refractivity contribution in [3.8, 4) is 0 Å². The van der Waals surface area contributed by atoms with Crippen molar-refractivity contribution < 1.29 is 14.0 Å². The van der Waals surface area contributed by atoms with Gasteiger partial charge in [0.2, 0.25) is 17.7 Å². The number of aromatic nitrogens is 1. The third kappa shape index (κ3) is 2.34. The van der Waals surface area contributed by atoms with Crippen molar-refractivity contribution in [1.82, 2.24) is 15.2 Å². The molecule has 0 spiro atoms. The number of carbonyl (C=O) groups is 2. The molecule has 0 aromatic carbocycles. The van der Waals surface area contributed by atoms with Crippen LogP contribution in [-0.2, 0) is 9.59 Å². The number of hydrogen-bond acceptors (Lipinski definition) is 4. The van der Waals surface area contributed by atoms with Gasteiger partial charge in [-0.05, 0) is 27.2 Å². The Morgan fingerprint density at radius 1 is 1.53 bits per heavy atom. The lowest BCUT2D eigenvalue weighted by Gasteiger charge is -2.39. The molecule has 0 radical (unpaired) electrons. The molecule has 2 amide bonds. The first-order valence-corrected chi connectivity index (χ1v) is 6.50. The van der Waals surface area contributed by atoms with Crippen molar-refractivity contribution in [2.75, 3.05) is 0 Å². The zero-order chi connectivity index (χ0) is 14.2. The highest BCUT2D eigenvalue weighted by atomic mass is 16.4. The number of hydrogen-bond donors (Lipinski definition) is 1. The molecule has 1 aromatic heterocycles. The quantitative estimate of drug-likeness (QED) is 0.890. The van der Waals surface area contributed by atoms with Gasteiger partial charge in [-0.3, -0.25) is 9.59 Å². The van der Waals surface area contributed by atoms with Gasteiger partial charge in [-0.1, -0.05) is 6.92 Å². The summed E-state index contributed by atoms with van der Waals surface area (Å²) in [6.07, 6.45) is 2.19. The molecule has 19 heavy (non-hydrogen) atoms. The van der Waals surface area contributed by atoms with Gasteiger partial charge in [-0.25, -0.2) is 4.98 Å². The number of amides is 2. The Hall–Kier alpha value is -1.85. The van der Waals surface area contributed by atoms with E-state index in [1.165, 1.54) is 0 Å². The second kappa shape index (κ2) is 5.03. The van der Waals surface area contributed by atoms with Gasteiger partial charge in [0.05, 0.1) is 6.20 Å². The van der Waals surface area contributed by atoms with E-state index in [1.54, 1.807) is 24.9 Å². The molecule has 0 saturated carbocycles. The van der Waals surface area contributed by atoms with Gasteiger partial charge in [0.1, 0.15) is 23.9 Å². The molecule has 2 heterocycles.